The Morgan fingerprint density at radius 3 is 2.68 bits per heavy atom. The van der Waals surface area contributed by atoms with E-state index in [-0.39, 0.29) is 24.3 Å². The number of hydrogen-bond donors (Lipinski definition) is 1. The number of anilines is 1. The summed E-state index contributed by atoms with van der Waals surface area (Å²) in [6, 6.07) is 12.0. The predicted octanol–water partition coefficient (Wildman–Crippen LogP) is 4.96. The number of halogens is 2. The molecular formula is C22H26Cl2N2O4S. The van der Waals surface area contributed by atoms with Crippen molar-refractivity contribution in [2.24, 2.45) is 5.92 Å². The third kappa shape index (κ3) is 6.35. The van der Waals surface area contributed by atoms with E-state index in [4.69, 9.17) is 27.9 Å². The number of rotatable bonds is 7. The van der Waals surface area contributed by atoms with E-state index >= 15 is 0 Å². The first-order valence-corrected chi connectivity index (χ1v) is 12.5. The maximum Gasteiger partial charge on any atom is 0.228 e. The number of amides is 1. The molecule has 31 heavy (non-hydrogen) atoms. The molecule has 1 amide bonds. The van der Waals surface area contributed by atoms with Crippen LogP contribution in [0.15, 0.2) is 42.5 Å². The lowest BCUT2D eigenvalue weighted by Gasteiger charge is -2.31. The number of carbonyl (C=O) groups excluding carboxylic acids is 1. The van der Waals surface area contributed by atoms with Crippen LogP contribution in [0, 0.1) is 5.92 Å². The average molecular weight is 485 g/mol. The highest BCUT2D eigenvalue weighted by atomic mass is 35.5. The van der Waals surface area contributed by atoms with Crippen LogP contribution in [0.25, 0.3) is 0 Å². The minimum atomic E-state index is -3.63. The van der Waals surface area contributed by atoms with Crippen LogP contribution in [0.1, 0.15) is 32.3 Å². The lowest BCUT2D eigenvalue weighted by atomic mass is 9.98. The van der Waals surface area contributed by atoms with E-state index in [1.807, 2.05) is 26.0 Å². The molecule has 1 saturated heterocycles. The summed E-state index contributed by atoms with van der Waals surface area (Å²) in [7, 11) is -3.63. The van der Waals surface area contributed by atoms with Gasteiger partial charge in [0.25, 0.3) is 0 Å². The molecule has 1 aliphatic rings. The Kier molecular flexibility index (Phi) is 7.86. The summed E-state index contributed by atoms with van der Waals surface area (Å²) >= 11 is 12.0. The van der Waals surface area contributed by atoms with Crippen LogP contribution >= 0.6 is 23.2 Å². The van der Waals surface area contributed by atoms with Crippen molar-refractivity contribution >= 4 is 44.8 Å². The molecule has 3 rings (SSSR count). The molecule has 2 aromatic carbocycles. The highest BCUT2D eigenvalue weighted by Gasteiger charge is 2.33. The molecule has 1 fully saturated rings. The fourth-order valence-electron chi connectivity index (χ4n) is 3.50. The predicted molar refractivity (Wildman–Crippen MR) is 124 cm³/mol. The summed E-state index contributed by atoms with van der Waals surface area (Å²) in [5, 5.41) is 3.66. The zero-order valence-electron chi connectivity index (χ0n) is 17.5. The van der Waals surface area contributed by atoms with Gasteiger partial charge in [0.2, 0.25) is 15.9 Å². The molecule has 2 aromatic rings. The molecule has 0 saturated carbocycles. The highest BCUT2D eigenvalue weighted by molar-refractivity contribution is 7.88. The quantitative estimate of drug-likeness (QED) is 0.602. The molecule has 0 aliphatic carbocycles. The van der Waals surface area contributed by atoms with E-state index in [0.717, 1.165) is 0 Å². The van der Waals surface area contributed by atoms with Crippen LogP contribution in [-0.2, 0) is 20.6 Å². The van der Waals surface area contributed by atoms with E-state index in [1.165, 1.54) is 10.4 Å². The van der Waals surface area contributed by atoms with Gasteiger partial charge in [0.15, 0.2) is 0 Å². The van der Waals surface area contributed by atoms with Gasteiger partial charge in [0, 0.05) is 23.1 Å². The van der Waals surface area contributed by atoms with Gasteiger partial charge in [-0.15, -0.1) is 0 Å². The number of nitrogens with one attached hydrogen (secondary N) is 1. The first-order chi connectivity index (χ1) is 14.7. The molecule has 1 atom stereocenters. The van der Waals surface area contributed by atoms with Crippen molar-refractivity contribution in [3.8, 4) is 5.75 Å². The molecular weight excluding hydrogens is 459 g/mol. The fraction of sp³-hybridized carbons (Fsp3) is 0.409. The summed E-state index contributed by atoms with van der Waals surface area (Å²) in [6.07, 6.45) is 1.19. The summed E-state index contributed by atoms with van der Waals surface area (Å²) in [5.41, 5.74) is 1.06. The first-order valence-electron chi connectivity index (χ1n) is 10.1. The second-order valence-electron chi connectivity index (χ2n) is 7.84. The molecule has 1 heterocycles. The number of hydrogen-bond acceptors (Lipinski definition) is 4. The van der Waals surface area contributed by atoms with Gasteiger partial charge in [0.05, 0.1) is 23.5 Å². The summed E-state index contributed by atoms with van der Waals surface area (Å²) in [5.74, 6) is -0.313. The zero-order valence-corrected chi connectivity index (χ0v) is 19.8. The Labute approximate surface area is 193 Å². The van der Waals surface area contributed by atoms with Crippen molar-refractivity contribution in [3.63, 3.8) is 0 Å². The molecule has 9 heteroatoms. The summed E-state index contributed by atoms with van der Waals surface area (Å²) in [6.45, 7) is 4.34. The van der Waals surface area contributed by atoms with E-state index in [9.17, 15) is 13.2 Å². The van der Waals surface area contributed by atoms with Crippen LogP contribution in [0.4, 0.5) is 5.69 Å². The third-order valence-corrected chi connectivity index (χ3v) is 7.39. The molecule has 6 nitrogen and oxygen atoms in total. The number of nitrogens with zero attached hydrogens (tertiary/aromatic N) is 1. The Morgan fingerprint density at radius 1 is 1.23 bits per heavy atom. The fourth-order valence-corrected chi connectivity index (χ4v) is 5.69. The lowest BCUT2D eigenvalue weighted by Crippen LogP contribution is -2.44. The van der Waals surface area contributed by atoms with Crippen LogP contribution < -0.4 is 10.1 Å². The Hall–Kier alpha value is -1.80. The molecule has 0 spiro atoms. The van der Waals surface area contributed by atoms with Crippen LogP contribution in [0.2, 0.25) is 10.0 Å². The molecule has 0 aromatic heterocycles. The van der Waals surface area contributed by atoms with Crippen LogP contribution in [0.3, 0.4) is 0 Å². The van der Waals surface area contributed by atoms with Gasteiger partial charge in [0.1, 0.15) is 5.75 Å². The monoisotopic (exact) mass is 484 g/mol. The average Bonchev–Trinajstić information content (AvgIpc) is 2.71. The van der Waals surface area contributed by atoms with Crippen molar-refractivity contribution in [1.29, 1.82) is 0 Å². The summed E-state index contributed by atoms with van der Waals surface area (Å²) in [4.78, 5) is 12.9. The maximum atomic E-state index is 13.0. The van der Waals surface area contributed by atoms with Gasteiger partial charge in [-0.05, 0) is 56.5 Å². The molecule has 1 unspecified atom stereocenters. The number of carbonyl (C=O) groups is 1. The normalized spacial score (nSPS) is 17.5. The summed E-state index contributed by atoms with van der Waals surface area (Å²) < 4.78 is 33.1. The van der Waals surface area contributed by atoms with Gasteiger partial charge in [-0.1, -0.05) is 41.4 Å². The third-order valence-electron chi connectivity index (χ3n) is 5.01. The number of benzene rings is 2. The minimum absolute atomic E-state index is 0.0342. The largest absolute Gasteiger partial charge is 0.489 e. The molecule has 1 aliphatic heterocycles. The van der Waals surface area contributed by atoms with Crippen LogP contribution in [-0.4, -0.2) is 37.8 Å². The number of ether oxygens (including phenoxy) is 1. The molecule has 1 N–H and O–H groups in total. The lowest BCUT2D eigenvalue weighted by molar-refractivity contribution is -0.120. The zero-order chi connectivity index (χ0) is 22.6. The van der Waals surface area contributed by atoms with Crippen molar-refractivity contribution in [2.45, 2.75) is 38.5 Å². The van der Waals surface area contributed by atoms with E-state index in [2.05, 4.69) is 5.32 Å². The Morgan fingerprint density at radius 2 is 1.97 bits per heavy atom. The van der Waals surface area contributed by atoms with E-state index in [1.54, 1.807) is 24.3 Å². The highest BCUT2D eigenvalue weighted by Crippen LogP contribution is 2.29. The smallest absolute Gasteiger partial charge is 0.228 e. The molecule has 168 valence electrons. The molecule has 0 bridgehead atoms. The van der Waals surface area contributed by atoms with E-state index in [0.29, 0.717) is 46.4 Å². The second kappa shape index (κ2) is 10.2. The van der Waals surface area contributed by atoms with Gasteiger partial charge in [-0.3, -0.25) is 4.79 Å². The Bertz CT molecular complexity index is 1040. The van der Waals surface area contributed by atoms with Crippen LogP contribution in [0.5, 0.6) is 5.75 Å². The minimum Gasteiger partial charge on any atom is -0.489 e. The number of para-hydroxylation sites is 2. The second-order valence-corrected chi connectivity index (χ2v) is 10.7. The van der Waals surface area contributed by atoms with E-state index < -0.39 is 15.9 Å². The van der Waals surface area contributed by atoms with Gasteiger partial charge >= 0.3 is 0 Å². The van der Waals surface area contributed by atoms with Crippen molar-refractivity contribution < 1.29 is 17.9 Å². The standard InChI is InChI=1S/C22H26Cl2N2O4S/c1-15(2)30-21-8-4-3-7-20(21)25-22(27)16-6-5-11-26(13-16)31(28,29)14-17-9-10-18(23)12-19(17)24/h3-4,7-10,12,15-16H,5-6,11,13-14H2,1-2H3,(H,25,27). The number of piperidine rings is 1. The Balaban J connectivity index is 1.69. The van der Waals surface area contributed by atoms with Crippen molar-refractivity contribution in [3.05, 3.63) is 58.1 Å². The van der Waals surface area contributed by atoms with Crippen molar-refractivity contribution in [2.75, 3.05) is 18.4 Å². The van der Waals surface area contributed by atoms with Crippen molar-refractivity contribution in [1.82, 2.24) is 4.31 Å². The van der Waals surface area contributed by atoms with Gasteiger partial charge < -0.3 is 10.1 Å². The first kappa shape index (κ1) is 23.9. The number of sulfonamides is 1. The topological polar surface area (TPSA) is 75.7 Å². The SMILES string of the molecule is CC(C)Oc1ccccc1NC(=O)C1CCCN(S(=O)(=O)Cc2ccc(Cl)cc2Cl)C1. The molecule has 0 radical (unpaired) electrons. The van der Waals surface area contributed by atoms with Gasteiger partial charge in [-0.25, -0.2) is 12.7 Å². The van der Waals surface area contributed by atoms with Gasteiger partial charge in [-0.2, -0.15) is 0 Å². The maximum absolute atomic E-state index is 13.0.